The molecule has 8 nitrogen and oxygen atoms in total. The molecule has 2 aromatic rings. The average molecular weight is 504 g/mol. The molecule has 3 aliphatic heterocycles. The van der Waals surface area contributed by atoms with Gasteiger partial charge in [-0.15, -0.1) is 0 Å². The first-order valence-corrected chi connectivity index (χ1v) is 14.9. The van der Waals surface area contributed by atoms with E-state index >= 15 is 0 Å². The van der Waals surface area contributed by atoms with Gasteiger partial charge >= 0.3 is 0 Å². The molecule has 0 bridgehead atoms. The predicted octanol–water partition coefficient (Wildman–Crippen LogP) is 3.75. The Bertz CT molecular complexity index is 1180. The van der Waals surface area contributed by atoms with E-state index in [2.05, 4.69) is 51.3 Å². The molecule has 0 radical (unpaired) electrons. The second kappa shape index (κ2) is 9.54. The molecule has 10 heteroatoms. The molecule has 0 spiro atoms. The normalized spacial score (nSPS) is 19.8. The van der Waals surface area contributed by atoms with Gasteiger partial charge in [-0.05, 0) is 74.8 Å². The molecule has 0 aliphatic carbocycles. The van der Waals surface area contributed by atoms with Crippen LogP contribution in [0.2, 0.25) is 0 Å². The molecule has 1 aromatic carbocycles. The Morgan fingerprint density at radius 1 is 1.24 bits per heavy atom. The number of hydrogen-bond acceptors (Lipinski definition) is 8. The minimum Gasteiger partial charge on any atom is -0.493 e. The summed E-state index contributed by atoms with van der Waals surface area (Å²) in [5, 5.41) is 4.41. The Labute approximate surface area is 206 Å². The van der Waals surface area contributed by atoms with E-state index in [1.807, 2.05) is 4.68 Å². The highest BCUT2D eigenvalue weighted by atomic mass is 32.2. The summed E-state index contributed by atoms with van der Waals surface area (Å²) in [4.78, 5) is 8.15. The summed E-state index contributed by atoms with van der Waals surface area (Å²) in [6.45, 7) is 8.23. The fraction of sp³-hybridized carbons (Fsp3) is 0.583. The molecular weight excluding hydrogens is 470 g/mol. The van der Waals surface area contributed by atoms with Crippen molar-refractivity contribution < 1.29 is 13.2 Å². The van der Waals surface area contributed by atoms with Crippen LogP contribution in [0.15, 0.2) is 29.4 Å². The summed E-state index contributed by atoms with van der Waals surface area (Å²) in [5.74, 6) is 2.60. The fourth-order valence-corrected chi connectivity index (χ4v) is 6.70. The number of likely N-dealkylation sites (tertiary alicyclic amines) is 1. The van der Waals surface area contributed by atoms with Crippen LogP contribution in [-0.2, 0) is 9.84 Å². The molecule has 0 unspecified atom stereocenters. The van der Waals surface area contributed by atoms with Gasteiger partial charge in [0, 0.05) is 29.7 Å². The summed E-state index contributed by atoms with van der Waals surface area (Å²) in [6, 6.07) is 7.00. The smallest absolute Gasteiger partial charge is 0.234 e. The van der Waals surface area contributed by atoms with Crippen molar-refractivity contribution in [2.24, 2.45) is 0 Å². The third kappa shape index (κ3) is 4.99. The number of fused-ring (bicyclic) bond motifs is 2. The van der Waals surface area contributed by atoms with E-state index in [4.69, 9.17) is 4.74 Å². The van der Waals surface area contributed by atoms with Crippen molar-refractivity contribution in [1.82, 2.24) is 19.7 Å². The number of piperidine rings is 1. The number of hydrogen-bond donors (Lipinski definition) is 0. The lowest BCUT2D eigenvalue weighted by Crippen LogP contribution is -2.36. The van der Waals surface area contributed by atoms with Gasteiger partial charge in [-0.1, -0.05) is 12.1 Å². The van der Waals surface area contributed by atoms with Crippen molar-refractivity contribution in [2.45, 2.75) is 45.1 Å². The summed E-state index contributed by atoms with van der Waals surface area (Å²) in [6.07, 6.45) is 5.94. The predicted molar refractivity (Wildman–Crippen MR) is 137 cm³/mol. The molecule has 184 valence electrons. The average Bonchev–Trinajstić information content (AvgIpc) is 3.42. The van der Waals surface area contributed by atoms with E-state index < -0.39 is 9.84 Å². The first kappa shape index (κ1) is 23.7. The van der Waals surface area contributed by atoms with Gasteiger partial charge in [-0.3, -0.25) is 4.31 Å². The van der Waals surface area contributed by atoms with Gasteiger partial charge < -0.3 is 9.64 Å². The van der Waals surface area contributed by atoms with Gasteiger partial charge in [0.05, 0.1) is 24.9 Å². The number of rotatable bonds is 6. The maximum absolute atomic E-state index is 11.5. The topological polar surface area (TPSA) is 80.6 Å². The van der Waals surface area contributed by atoms with Crippen molar-refractivity contribution in [1.29, 1.82) is 0 Å². The Kier molecular flexibility index (Phi) is 6.65. The first-order chi connectivity index (χ1) is 16.3. The number of aromatic nitrogens is 3. The van der Waals surface area contributed by atoms with Gasteiger partial charge in [-0.25, -0.2) is 13.1 Å². The third-order valence-corrected chi connectivity index (χ3v) is 8.99. The van der Waals surface area contributed by atoms with Crippen LogP contribution in [0, 0.1) is 0 Å². The summed E-state index contributed by atoms with van der Waals surface area (Å²) >= 11 is 1.76. The second-order valence-electron chi connectivity index (χ2n) is 9.73. The zero-order chi connectivity index (χ0) is 23.9. The third-order valence-electron chi connectivity index (χ3n) is 6.88. The number of ether oxygens (including phenoxy) is 1. The van der Waals surface area contributed by atoms with Crippen molar-refractivity contribution >= 4 is 33.3 Å². The number of benzene rings is 1. The van der Waals surface area contributed by atoms with Crippen LogP contribution in [0.4, 0.5) is 5.95 Å². The van der Waals surface area contributed by atoms with Gasteiger partial charge in [-0.2, -0.15) is 10.1 Å². The van der Waals surface area contributed by atoms with Crippen LogP contribution in [0.25, 0.3) is 5.57 Å². The number of nitrogens with zero attached hydrogens (tertiary/aromatic N) is 5. The quantitative estimate of drug-likeness (QED) is 0.552. The largest absolute Gasteiger partial charge is 0.493 e. The van der Waals surface area contributed by atoms with E-state index in [0.29, 0.717) is 19.1 Å². The molecule has 0 saturated carbocycles. The highest BCUT2D eigenvalue weighted by molar-refractivity contribution is 8.04. The molecular formula is C24H33N5O3S2. The Balaban J connectivity index is 1.29. The monoisotopic (exact) mass is 503 g/mol. The van der Waals surface area contributed by atoms with Gasteiger partial charge in [0.25, 0.3) is 0 Å². The van der Waals surface area contributed by atoms with Gasteiger partial charge in [0.1, 0.15) is 21.9 Å². The summed E-state index contributed by atoms with van der Waals surface area (Å²) in [7, 11) is -2.91. The van der Waals surface area contributed by atoms with Gasteiger partial charge in [0.2, 0.25) is 5.95 Å². The molecule has 34 heavy (non-hydrogen) atoms. The first-order valence-electron chi connectivity index (χ1n) is 12.0. The van der Waals surface area contributed by atoms with Crippen LogP contribution in [-0.4, -0.2) is 72.9 Å². The number of anilines is 1. The maximum Gasteiger partial charge on any atom is 0.234 e. The fourth-order valence-electron chi connectivity index (χ4n) is 4.98. The van der Waals surface area contributed by atoms with Crippen LogP contribution < -0.4 is 9.04 Å². The molecule has 3 aliphatic rings. The minimum atomic E-state index is -2.91. The van der Waals surface area contributed by atoms with Gasteiger partial charge in [0.15, 0.2) is 0 Å². The molecule has 0 amide bonds. The molecule has 5 rings (SSSR count). The lowest BCUT2D eigenvalue weighted by atomic mass is 9.88. The van der Waals surface area contributed by atoms with Crippen molar-refractivity contribution in [2.75, 3.05) is 49.1 Å². The van der Waals surface area contributed by atoms with Crippen LogP contribution >= 0.6 is 11.9 Å². The highest BCUT2D eigenvalue weighted by Crippen LogP contribution is 2.46. The summed E-state index contributed by atoms with van der Waals surface area (Å²) < 4.78 is 33.4. The van der Waals surface area contributed by atoms with E-state index in [1.54, 1.807) is 18.3 Å². The Morgan fingerprint density at radius 2 is 2.03 bits per heavy atom. The highest BCUT2D eigenvalue weighted by Gasteiger charge is 2.32. The van der Waals surface area contributed by atoms with Crippen molar-refractivity contribution in [3.05, 3.63) is 40.6 Å². The lowest BCUT2D eigenvalue weighted by molar-refractivity contribution is 0.223. The summed E-state index contributed by atoms with van der Waals surface area (Å²) in [5.41, 5.74) is 3.85. The van der Waals surface area contributed by atoms with E-state index in [9.17, 15) is 8.42 Å². The van der Waals surface area contributed by atoms with Crippen LogP contribution in [0.1, 0.15) is 56.2 Å². The zero-order valence-electron chi connectivity index (χ0n) is 20.1. The standard InChI is InChI=1S/C24H33N5O3S2/c1-17(2)29-24(25-16-26-29)28-15-21-20-5-4-19(14-22(20)32-12-8-23(21)33-28)18-6-9-27(10-7-18)11-13-34(3,30)31/h4-5,14,16-18H,6-13,15H2,1-3H3. The molecule has 1 aromatic heterocycles. The number of sulfone groups is 1. The van der Waals surface area contributed by atoms with E-state index in [1.165, 1.54) is 27.9 Å². The van der Waals surface area contributed by atoms with Crippen LogP contribution in [0.5, 0.6) is 5.75 Å². The SMILES string of the molecule is CC(C)n1ncnc1N1CC2=C(CCOc3cc(C4CCN(CCS(C)(=O)=O)CC4)ccc32)S1. The van der Waals surface area contributed by atoms with Crippen LogP contribution in [0.3, 0.4) is 0 Å². The second-order valence-corrected chi connectivity index (χ2v) is 13.1. The lowest BCUT2D eigenvalue weighted by Gasteiger charge is -2.32. The van der Waals surface area contributed by atoms with Crippen molar-refractivity contribution in [3.8, 4) is 5.75 Å². The zero-order valence-corrected chi connectivity index (χ0v) is 21.7. The Hall–Kier alpha value is -2.04. The molecule has 0 atom stereocenters. The maximum atomic E-state index is 11.5. The van der Waals surface area contributed by atoms with Crippen molar-refractivity contribution in [3.63, 3.8) is 0 Å². The molecule has 0 N–H and O–H groups in total. The van der Waals surface area contributed by atoms with E-state index in [-0.39, 0.29) is 11.8 Å². The Morgan fingerprint density at radius 3 is 2.76 bits per heavy atom. The molecule has 1 saturated heterocycles. The minimum absolute atomic E-state index is 0.240. The van der Waals surface area contributed by atoms with E-state index in [0.717, 1.165) is 50.6 Å². The molecule has 4 heterocycles. The molecule has 1 fully saturated rings.